The van der Waals surface area contributed by atoms with Crippen LogP contribution in [-0.4, -0.2) is 20.0 Å². The molecule has 0 aliphatic carbocycles. The van der Waals surface area contributed by atoms with Crippen molar-refractivity contribution in [2.24, 2.45) is 0 Å². The molecule has 1 aromatic carbocycles. The van der Waals surface area contributed by atoms with Crippen molar-refractivity contribution in [2.75, 3.05) is 0 Å². The van der Waals surface area contributed by atoms with E-state index < -0.39 is 0 Å². The molecule has 0 spiro atoms. The van der Waals surface area contributed by atoms with Crippen LogP contribution >= 0.6 is 11.8 Å². The van der Waals surface area contributed by atoms with Gasteiger partial charge >= 0.3 is 0 Å². The Morgan fingerprint density at radius 3 is 2.50 bits per heavy atom. The number of nitrogens with zero attached hydrogens (tertiary/aromatic N) is 4. The number of aromatic nitrogens is 4. The SMILES string of the molecule is C[C@@H](Sc1ccc(-n2cccn2)nn1)c1ccccc1. The van der Waals surface area contributed by atoms with E-state index in [1.54, 1.807) is 22.6 Å². The molecule has 0 saturated carbocycles. The van der Waals surface area contributed by atoms with Crippen LogP contribution in [0.5, 0.6) is 0 Å². The van der Waals surface area contributed by atoms with Gasteiger partial charge in [-0.3, -0.25) is 0 Å². The molecule has 3 rings (SSSR count). The molecule has 0 aliphatic rings. The van der Waals surface area contributed by atoms with Gasteiger partial charge in [0.25, 0.3) is 0 Å². The molecule has 1 atom stereocenters. The maximum absolute atomic E-state index is 4.25. The van der Waals surface area contributed by atoms with Crippen molar-refractivity contribution in [1.82, 2.24) is 20.0 Å². The van der Waals surface area contributed by atoms with Crippen LogP contribution in [-0.2, 0) is 0 Å². The van der Waals surface area contributed by atoms with Crippen molar-refractivity contribution in [1.29, 1.82) is 0 Å². The summed E-state index contributed by atoms with van der Waals surface area (Å²) in [6.45, 7) is 2.17. The zero-order chi connectivity index (χ0) is 13.8. The predicted molar refractivity (Wildman–Crippen MR) is 79.9 cm³/mol. The Morgan fingerprint density at radius 1 is 1.00 bits per heavy atom. The molecular weight excluding hydrogens is 268 g/mol. The molecule has 3 aromatic rings. The largest absolute Gasteiger partial charge is 0.221 e. The summed E-state index contributed by atoms with van der Waals surface area (Å²) in [6.07, 6.45) is 3.57. The lowest BCUT2D eigenvalue weighted by Gasteiger charge is -2.10. The Kier molecular flexibility index (Phi) is 3.78. The van der Waals surface area contributed by atoms with E-state index in [2.05, 4.69) is 46.5 Å². The lowest BCUT2D eigenvalue weighted by Crippen LogP contribution is -2.00. The fourth-order valence-electron chi connectivity index (χ4n) is 1.88. The normalized spacial score (nSPS) is 12.2. The highest BCUT2D eigenvalue weighted by Crippen LogP contribution is 2.33. The van der Waals surface area contributed by atoms with Crippen LogP contribution in [0.2, 0.25) is 0 Å². The minimum atomic E-state index is 0.348. The first kappa shape index (κ1) is 12.9. The van der Waals surface area contributed by atoms with Crippen LogP contribution in [0.3, 0.4) is 0 Å². The van der Waals surface area contributed by atoms with Gasteiger partial charge in [-0.25, -0.2) is 4.68 Å². The Bertz CT molecular complexity index is 650. The fraction of sp³-hybridized carbons (Fsp3) is 0.133. The van der Waals surface area contributed by atoms with Crippen LogP contribution in [0.15, 0.2) is 66.0 Å². The molecule has 0 N–H and O–H groups in total. The van der Waals surface area contributed by atoms with Gasteiger partial charge in [0.15, 0.2) is 5.82 Å². The standard InChI is InChI=1S/C15H14N4S/c1-12(13-6-3-2-4-7-13)20-15-9-8-14(17-18-15)19-11-5-10-16-19/h2-12H,1H3/t12-/m1/s1. The van der Waals surface area contributed by atoms with Crippen molar-refractivity contribution >= 4 is 11.8 Å². The zero-order valence-electron chi connectivity index (χ0n) is 11.0. The van der Waals surface area contributed by atoms with E-state index in [1.807, 2.05) is 30.5 Å². The van der Waals surface area contributed by atoms with E-state index in [0.717, 1.165) is 10.8 Å². The highest BCUT2D eigenvalue weighted by molar-refractivity contribution is 7.99. The fourth-order valence-corrected chi connectivity index (χ4v) is 2.77. The third kappa shape index (κ3) is 2.88. The summed E-state index contributed by atoms with van der Waals surface area (Å²) in [5.41, 5.74) is 1.29. The Labute approximate surface area is 121 Å². The van der Waals surface area contributed by atoms with Crippen molar-refractivity contribution < 1.29 is 0 Å². The number of hydrogen-bond acceptors (Lipinski definition) is 4. The van der Waals surface area contributed by atoms with Crippen LogP contribution < -0.4 is 0 Å². The number of benzene rings is 1. The minimum Gasteiger partial charge on any atom is -0.221 e. The maximum atomic E-state index is 4.25. The first-order chi connectivity index (χ1) is 9.83. The molecular formula is C15H14N4S. The van der Waals surface area contributed by atoms with Gasteiger partial charge in [-0.15, -0.1) is 10.2 Å². The second kappa shape index (κ2) is 5.88. The van der Waals surface area contributed by atoms with Gasteiger partial charge in [0.05, 0.1) is 0 Å². The van der Waals surface area contributed by atoms with Gasteiger partial charge in [-0.05, 0) is 30.7 Å². The molecule has 20 heavy (non-hydrogen) atoms. The highest BCUT2D eigenvalue weighted by Gasteiger charge is 2.08. The minimum absolute atomic E-state index is 0.348. The lowest BCUT2D eigenvalue weighted by molar-refractivity contribution is 0.791. The average Bonchev–Trinajstić information content (AvgIpc) is 3.03. The summed E-state index contributed by atoms with van der Waals surface area (Å²) in [7, 11) is 0. The quantitative estimate of drug-likeness (QED) is 0.687. The number of rotatable bonds is 4. The Balaban J connectivity index is 1.72. The van der Waals surface area contributed by atoms with Gasteiger partial charge in [0, 0.05) is 17.6 Å². The summed E-state index contributed by atoms with van der Waals surface area (Å²) in [5.74, 6) is 0.728. The van der Waals surface area contributed by atoms with Gasteiger partial charge in [-0.1, -0.05) is 42.1 Å². The zero-order valence-corrected chi connectivity index (χ0v) is 11.9. The maximum Gasteiger partial charge on any atom is 0.175 e. The number of hydrogen-bond donors (Lipinski definition) is 0. The van der Waals surface area contributed by atoms with Crippen LogP contribution in [0.1, 0.15) is 17.7 Å². The number of thioether (sulfide) groups is 1. The van der Waals surface area contributed by atoms with Gasteiger partial charge in [0.2, 0.25) is 0 Å². The second-order valence-electron chi connectivity index (χ2n) is 4.35. The summed E-state index contributed by atoms with van der Waals surface area (Å²) in [6, 6.07) is 16.2. The highest BCUT2D eigenvalue weighted by atomic mass is 32.2. The Hall–Kier alpha value is -2.14. The summed E-state index contributed by atoms with van der Waals surface area (Å²) in [4.78, 5) is 0. The van der Waals surface area contributed by atoms with Gasteiger partial charge < -0.3 is 0 Å². The van der Waals surface area contributed by atoms with E-state index in [4.69, 9.17) is 0 Å². The van der Waals surface area contributed by atoms with Crippen molar-refractivity contribution in [3.05, 3.63) is 66.5 Å². The third-order valence-corrected chi connectivity index (χ3v) is 4.02. The lowest BCUT2D eigenvalue weighted by atomic mass is 10.2. The molecule has 4 nitrogen and oxygen atoms in total. The molecule has 0 bridgehead atoms. The topological polar surface area (TPSA) is 43.6 Å². The molecule has 0 unspecified atom stereocenters. The average molecular weight is 282 g/mol. The van der Waals surface area contributed by atoms with Gasteiger partial charge in [-0.2, -0.15) is 5.10 Å². The van der Waals surface area contributed by atoms with E-state index in [-0.39, 0.29) is 0 Å². The molecule has 0 amide bonds. The van der Waals surface area contributed by atoms with E-state index in [9.17, 15) is 0 Å². The first-order valence-electron chi connectivity index (χ1n) is 6.38. The van der Waals surface area contributed by atoms with E-state index in [1.165, 1.54) is 5.56 Å². The summed E-state index contributed by atoms with van der Waals surface area (Å²) < 4.78 is 1.70. The van der Waals surface area contributed by atoms with Crippen LogP contribution in [0, 0.1) is 0 Å². The van der Waals surface area contributed by atoms with E-state index >= 15 is 0 Å². The molecule has 2 aromatic heterocycles. The van der Waals surface area contributed by atoms with Crippen LogP contribution in [0.25, 0.3) is 5.82 Å². The molecule has 2 heterocycles. The van der Waals surface area contributed by atoms with Crippen molar-refractivity contribution in [3.63, 3.8) is 0 Å². The van der Waals surface area contributed by atoms with E-state index in [0.29, 0.717) is 5.25 Å². The summed E-state index contributed by atoms with van der Waals surface area (Å²) in [5, 5.41) is 13.8. The first-order valence-corrected chi connectivity index (χ1v) is 7.26. The van der Waals surface area contributed by atoms with Gasteiger partial charge in [0.1, 0.15) is 5.03 Å². The molecule has 0 radical (unpaired) electrons. The molecule has 0 aliphatic heterocycles. The predicted octanol–water partition coefficient (Wildman–Crippen LogP) is 3.52. The smallest absolute Gasteiger partial charge is 0.175 e. The molecule has 5 heteroatoms. The van der Waals surface area contributed by atoms with Crippen molar-refractivity contribution in [3.8, 4) is 5.82 Å². The molecule has 100 valence electrons. The van der Waals surface area contributed by atoms with Crippen molar-refractivity contribution in [2.45, 2.75) is 17.2 Å². The summed E-state index contributed by atoms with van der Waals surface area (Å²) >= 11 is 1.70. The molecule has 0 fully saturated rings. The second-order valence-corrected chi connectivity index (χ2v) is 5.71. The third-order valence-electron chi connectivity index (χ3n) is 2.93. The monoisotopic (exact) mass is 282 g/mol. The van der Waals surface area contributed by atoms with Crippen LogP contribution in [0.4, 0.5) is 0 Å². The Morgan fingerprint density at radius 2 is 1.85 bits per heavy atom. The molecule has 0 saturated heterocycles.